The highest BCUT2D eigenvalue weighted by Gasteiger charge is 2.09. The van der Waals surface area contributed by atoms with E-state index >= 15 is 0 Å². The highest BCUT2D eigenvalue weighted by Crippen LogP contribution is 2.32. The fourth-order valence-electron chi connectivity index (χ4n) is 2.40. The van der Waals surface area contributed by atoms with Crippen molar-refractivity contribution in [2.24, 2.45) is 0 Å². The van der Waals surface area contributed by atoms with E-state index in [1.165, 1.54) is 11.8 Å². The zero-order valence-electron chi connectivity index (χ0n) is 12.9. The summed E-state index contributed by atoms with van der Waals surface area (Å²) in [5.74, 6) is 0.443. The fourth-order valence-corrected chi connectivity index (χ4v) is 3.03. The third kappa shape index (κ3) is 2.96. The number of phenolic OH excluding ortho intramolecular Hbond substituents is 1. The van der Waals surface area contributed by atoms with Gasteiger partial charge in [-0.15, -0.1) is 0 Å². The Bertz CT molecular complexity index is 1050. The van der Waals surface area contributed by atoms with Crippen LogP contribution in [0.5, 0.6) is 11.5 Å². The number of aromatic nitrogens is 2. The average Bonchev–Trinajstić information content (AvgIpc) is 2.87. The van der Waals surface area contributed by atoms with Crippen molar-refractivity contribution in [3.8, 4) is 17.2 Å². The molecule has 0 saturated heterocycles. The predicted octanol–water partition coefficient (Wildman–Crippen LogP) is 1.72. The molecule has 2 N–H and O–H groups in total. The van der Waals surface area contributed by atoms with Crippen LogP contribution in [-0.2, 0) is 0 Å². The molecule has 1 heterocycles. The molecule has 0 saturated carbocycles. The van der Waals surface area contributed by atoms with E-state index in [4.69, 9.17) is 4.74 Å². The van der Waals surface area contributed by atoms with Gasteiger partial charge in [0.2, 0.25) is 0 Å². The molecule has 0 spiro atoms. The number of benzene rings is 2. The molecule has 0 unspecified atom stereocenters. The van der Waals surface area contributed by atoms with E-state index in [1.54, 1.807) is 18.2 Å². The van der Waals surface area contributed by atoms with Gasteiger partial charge in [0, 0.05) is 0 Å². The van der Waals surface area contributed by atoms with Crippen LogP contribution >= 0.6 is 22.6 Å². The second-order valence-corrected chi connectivity index (χ2v) is 6.34. The van der Waals surface area contributed by atoms with Crippen molar-refractivity contribution >= 4 is 35.2 Å². The molecule has 3 aromatic rings. The topological polar surface area (TPSA) is 67.2 Å². The molecule has 3 rings (SSSR count). The molecule has 0 fully saturated rings. The summed E-state index contributed by atoms with van der Waals surface area (Å²) in [6.45, 7) is 3.92. The van der Waals surface area contributed by atoms with E-state index in [2.05, 4.69) is 11.7 Å². The summed E-state index contributed by atoms with van der Waals surface area (Å²) in [7, 11) is 1.49. The maximum atomic E-state index is 12.7. The number of aromatic amines is 1. The molecule has 0 aliphatic rings. The first-order valence-electron chi connectivity index (χ1n) is 7.15. The number of halogens is 1. The minimum absolute atomic E-state index is 0.0841. The number of hydrogen-bond acceptors (Lipinski definition) is 3. The molecule has 2 aromatic carbocycles. The van der Waals surface area contributed by atoms with E-state index in [0.29, 0.717) is 19.9 Å². The van der Waals surface area contributed by atoms with Gasteiger partial charge in [-0.2, -0.15) is 0 Å². The van der Waals surface area contributed by atoms with Crippen molar-refractivity contribution in [2.45, 2.75) is 0 Å². The largest absolute Gasteiger partial charge is 0.504 e. The van der Waals surface area contributed by atoms with Gasteiger partial charge in [0.25, 0.3) is 5.56 Å². The minimum atomic E-state index is -0.187. The molecular formula is C18H15IN2O3. The molecule has 5 nitrogen and oxygen atoms in total. The van der Waals surface area contributed by atoms with Gasteiger partial charge in [-0.25, -0.2) is 4.68 Å². The summed E-state index contributed by atoms with van der Waals surface area (Å²) in [5, 5.41) is 13.9. The van der Waals surface area contributed by atoms with Gasteiger partial charge in [0.15, 0.2) is 11.5 Å². The van der Waals surface area contributed by atoms with E-state index in [0.717, 1.165) is 11.3 Å². The maximum Gasteiger partial charge on any atom is 0.279 e. The Labute approximate surface area is 151 Å². The number of ether oxygens (including phenoxy) is 1. The van der Waals surface area contributed by atoms with Gasteiger partial charge in [0.1, 0.15) is 0 Å². The van der Waals surface area contributed by atoms with Crippen molar-refractivity contribution in [3.63, 3.8) is 0 Å². The van der Waals surface area contributed by atoms with E-state index in [9.17, 15) is 9.90 Å². The van der Waals surface area contributed by atoms with Crippen LogP contribution in [0.15, 0.2) is 47.3 Å². The van der Waals surface area contributed by atoms with Crippen LogP contribution in [0.4, 0.5) is 0 Å². The first-order chi connectivity index (χ1) is 11.5. The molecule has 0 bridgehead atoms. The molecule has 122 valence electrons. The van der Waals surface area contributed by atoms with Crippen LogP contribution in [0, 0.1) is 3.57 Å². The third-order valence-corrected chi connectivity index (χ3v) is 4.42. The monoisotopic (exact) mass is 434 g/mol. The van der Waals surface area contributed by atoms with Gasteiger partial charge < -0.3 is 9.84 Å². The third-order valence-electron chi connectivity index (χ3n) is 3.60. The van der Waals surface area contributed by atoms with Gasteiger partial charge in [-0.05, 0) is 58.5 Å². The van der Waals surface area contributed by atoms with Crippen molar-refractivity contribution in [1.82, 2.24) is 9.78 Å². The van der Waals surface area contributed by atoms with Crippen molar-refractivity contribution in [1.29, 1.82) is 0 Å². The Morgan fingerprint density at radius 2 is 2.00 bits per heavy atom. The number of nitrogens with one attached hydrogen (secondary N) is 1. The lowest BCUT2D eigenvalue weighted by atomic mass is 10.1. The van der Waals surface area contributed by atoms with Crippen LogP contribution in [0.1, 0.15) is 5.56 Å². The SMILES string of the molecule is C=c1[nH]n(-c2ccccc2)c(=O)c1=Cc1cc(I)c(O)c(OC)c1. The quantitative estimate of drug-likeness (QED) is 0.618. The first-order valence-corrected chi connectivity index (χ1v) is 8.22. The fraction of sp³-hybridized carbons (Fsp3) is 0.0556. The summed E-state index contributed by atoms with van der Waals surface area (Å²) in [6.07, 6.45) is 1.73. The Hall–Kier alpha value is -2.48. The van der Waals surface area contributed by atoms with Gasteiger partial charge >= 0.3 is 0 Å². The summed E-state index contributed by atoms with van der Waals surface area (Å²) in [6, 6.07) is 12.7. The highest BCUT2D eigenvalue weighted by molar-refractivity contribution is 14.1. The Morgan fingerprint density at radius 1 is 1.29 bits per heavy atom. The first kappa shape index (κ1) is 16.4. The number of hydrogen-bond donors (Lipinski definition) is 2. The Morgan fingerprint density at radius 3 is 2.67 bits per heavy atom. The maximum absolute atomic E-state index is 12.7. The lowest BCUT2D eigenvalue weighted by Crippen LogP contribution is -2.33. The molecule has 0 atom stereocenters. The smallest absolute Gasteiger partial charge is 0.279 e. The highest BCUT2D eigenvalue weighted by atomic mass is 127. The van der Waals surface area contributed by atoms with Crippen LogP contribution in [0.25, 0.3) is 18.3 Å². The second kappa shape index (κ2) is 6.56. The molecular weight excluding hydrogens is 419 g/mol. The molecule has 24 heavy (non-hydrogen) atoms. The minimum Gasteiger partial charge on any atom is -0.504 e. The van der Waals surface area contributed by atoms with Gasteiger partial charge in [-0.3, -0.25) is 9.89 Å². The Balaban J connectivity index is 2.20. The average molecular weight is 434 g/mol. The lowest BCUT2D eigenvalue weighted by Gasteiger charge is -2.06. The Kier molecular flexibility index (Phi) is 4.48. The van der Waals surface area contributed by atoms with E-state index in [1.807, 2.05) is 52.9 Å². The van der Waals surface area contributed by atoms with Crippen molar-refractivity contribution in [3.05, 3.63) is 72.5 Å². The van der Waals surface area contributed by atoms with Crippen LogP contribution in [0.2, 0.25) is 0 Å². The molecule has 1 aromatic heterocycles. The summed E-state index contributed by atoms with van der Waals surface area (Å²) >= 11 is 2.02. The normalized spacial score (nSPS) is 11.7. The van der Waals surface area contributed by atoms with Crippen LogP contribution in [-0.4, -0.2) is 22.0 Å². The number of rotatable bonds is 3. The summed E-state index contributed by atoms with van der Waals surface area (Å²) in [5.41, 5.74) is 1.30. The number of aromatic hydroxyl groups is 1. The van der Waals surface area contributed by atoms with E-state index in [-0.39, 0.29) is 11.3 Å². The molecule has 0 aliphatic heterocycles. The summed E-state index contributed by atoms with van der Waals surface area (Å²) in [4.78, 5) is 12.7. The number of phenols is 1. The second-order valence-electron chi connectivity index (χ2n) is 5.18. The van der Waals surface area contributed by atoms with Crippen LogP contribution < -0.4 is 20.9 Å². The summed E-state index contributed by atoms with van der Waals surface area (Å²) < 4.78 is 7.25. The number of nitrogens with zero attached hydrogens (tertiary/aromatic N) is 1. The standard InChI is InChI=1S/C18H15IN2O3/c1-11-14(8-12-9-15(19)17(22)16(10-12)24-2)18(23)21(20-11)13-6-4-3-5-7-13/h3-10,20,22H,1H2,2H3. The predicted molar refractivity (Wildman–Crippen MR) is 102 cm³/mol. The molecule has 6 heteroatoms. The van der Waals surface area contributed by atoms with E-state index < -0.39 is 0 Å². The zero-order valence-corrected chi connectivity index (χ0v) is 15.1. The zero-order chi connectivity index (χ0) is 17.3. The van der Waals surface area contributed by atoms with Gasteiger partial charge in [-0.1, -0.05) is 24.8 Å². The van der Waals surface area contributed by atoms with Gasteiger partial charge in [0.05, 0.1) is 26.9 Å². The molecule has 0 amide bonds. The molecule has 0 aliphatic carbocycles. The number of methoxy groups -OCH3 is 1. The number of para-hydroxylation sites is 1. The molecule has 0 radical (unpaired) electrons. The van der Waals surface area contributed by atoms with Crippen molar-refractivity contribution < 1.29 is 9.84 Å². The van der Waals surface area contributed by atoms with Crippen LogP contribution in [0.3, 0.4) is 0 Å². The number of H-pyrrole nitrogens is 1. The van der Waals surface area contributed by atoms with Crippen molar-refractivity contribution in [2.75, 3.05) is 7.11 Å². The lowest BCUT2D eigenvalue weighted by molar-refractivity contribution is 0.371.